The molecule has 0 aromatic carbocycles. The second kappa shape index (κ2) is 15.2. The van der Waals surface area contributed by atoms with Crippen molar-refractivity contribution >= 4 is 24.1 Å². The quantitative estimate of drug-likeness (QED) is 0.165. The van der Waals surface area contributed by atoms with Crippen LogP contribution in [0.5, 0.6) is 0 Å². The molecular weight excluding hydrogens is 444 g/mol. The molecule has 0 aromatic heterocycles. The molecule has 10 heteroatoms. The number of amides is 2. The summed E-state index contributed by atoms with van der Waals surface area (Å²) in [6.45, 7) is 17.2. The third-order valence-electron chi connectivity index (χ3n) is 4.58. The molecule has 0 fully saturated rings. The van der Waals surface area contributed by atoms with Gasteiger partial charge in [-0.1, -0.05) is 27.4 Å². The van der Waals surface area contributed by atoms with Gasteiger partial charge in [0.05, 0.1) is 5.41 Å². The first kappa shape index (κ1) is 31.2. The van der Waals surface area contributed by atoms with Gasteiger partial charge in [0, 0.05) is 18.7 Å². The standard InChI is InChI=1S/C24H42N2O8/c1-17(2)19(27)31-11-13-34-22(30)26-16-24(7,8)15-18(3)9-10-25-21(29)33-14-12-32-20(28)23(4,5)6/h18H,1,9-16H2,2-8H3,(H,25,29)(H,26,30). The molecule has 0 spiro atoms. The molecule has 0 aliphatic carbocycles. The van der Waals surface area contributed by atoms with E-state index in [1.54, 1.807) is 20.8 Å². The van der Waals surface area contributed by atoms with Crippen LogP contribution in [0.3, 0.4) is 0 Å². The van der Waals surface area contributed by atoms with Crippen LogP contribution in [0.15, 0.2) is 12.2 Å². The SMILES string of the molecule is C=C(C)C(=O)OCCOC(=O)NCC(C)(C)CC(C)CCNC(=O)OCCOC(=O)C(C)(C)C. The molecule has 0 heterocycles. The molecule has 0 aliphatic heterocycles. The van der Waals surface area contributed by atoms with Gasteiger partial charge >= 0.3 is 24.1 Å². The zero-order valence-electron chi connectivity index (χ0n) is 21.7. The third-order valence-corrected chi connectivity index (χ3v) is 4.58. The Morgan fingerprint density at radius 1 is 0.824 bits per heavy atom. The van der Waals surface area contributed by atoms with E-state index in [4.69, 9.17) is 18.9 Å². The minimum absolute atomic E-state index is 0.00562. The highest BCUT2D eigenvalue weighted by Gasteiger charge is 2.23. The first-order valence-electron chi connectivity index (χ1n) is 11.4. The largest absolute Gasteiger partial charge is 0.462 e. The average Bonchev–Trinajstić information content (AvgIpc) is 2.71. The molecule has 0 aromatic rings. The summed E-state index contributed by atoms with van der Waals surface area (Å²) in [4.78, 5) is 46.4. The minimum Gasteiger partial charge on any atom is -0.462 e. The third kappa shape index (κ3) is 15.9. The maximum Gasteiger partial charge on any atom is 0.407 e. The molecule has 0 aliphatic rings. The Labute approximate surface area is 203 Å². The summed E-state index contributed by atoms with van der Waals surface area (Å²) in [5, 5.41) is 5.39. The Morgan fingerprint density at radius 2 is 1.32 bits per heavy atom. The summed E-state index contributed by atoms with van der Waals surface area (Å²) < 4.78 is 19.9. The van der Waals surface area contributed by atoms with Crippen molar-refractivity contribution in [1.29, 1.82) is 0 Å². The Bertz CT molecular complexity index is 698. The Morgan fingerprint density at radius 3 is 1.85 bits per heavy atom. The van der Waals surface area contributed by atoms with Crippen LogP contribution in [0, 0.1) is 16.7 Å². The van der Waals surface area contributed by atoms with Crippen LogP contribution in [0.4, 0.5) is 9.59 Å². The van der Waals surface area contributed by atoms with Gasteiger partial charge in [-0.25, -0.2) is 14.4 Å². The molecule has 0 rings (SSSR count). The topological polar surface area (TPSA) is 129 Å². The van der Waals surface area contributed by atoms with E-state index in [-0.39, 0.29) is 49.3 Å². The normalized spacial score (nSPS) is 12.2. The molecule has 0 radical (unpaired) electrons. The van der Waals surface area contributed by atoms with E-state index in [1.807, 2.05) is 13.8 Å². The van der Waals surface area contributed by atoms with Crippen molar-refractivity contribution in [3.8, 4) is 0 Å². The van der Waals surface area contributed by atoms with E-state index in [9.17, 15) is 19.2 Å². The van der Waals surface area contributed by atoms with Crippen molar-refractivity contribution < 1.29 is 38.1 Å². The second-order valence-corrected chi connectivity index (χ2v) is 10.1. The fourth-order valence-corrected chi connectivity index (χ4v) is 2.83. The second-order valence-electron chi connectivity index (χ2n) is 10.1. The number of rotatable bonds is 14. The van der Waals surface area contributed by atoms with Crippen LogP contribution in [0.1, 0.15) is 61.3 Å². The van der Waals surface area contributed by atoms with Gasteiger partial charge in [0.15, 0.2) is 0 Å². The Balaban J connectivity index is 3.98. The van der Waals surface area contributed by atoms with E-state index >= 15 is 0 Å². The number of hydrogen-bond donors (Lipinski definition) is 2. The van der Waals surface area contributed by atoms with Crippen molar-refractivity contribution in [2.24, 2.45) is 16.7 Å². The summed E-state index contributed by atoms with van der Waals surface area (Å²) in [6.07, 6.45) is 0.403. The van der Waals surface area contributed by atoms with Crippen LogP contribution in [0.25, 0.3) is 0 Å². The number of carbonyl (C=O) groups excluding carboxylic acids is 4. The highest BCUT2D eigenvalue weighted by Crippen LogP contribution is 2.26. The molecule has 1 atom stereocenters. The van der Waals surface area contributed by atoms with Crippen molar-refractivity contribution in [2.45, 2.75) is 61.3 Å². The lowest BCUT2D eigenvalue weighted by Crippen LogP contribution is -2.36. The number of nitrogens with one attached hydrogen (secondary N) is 2. The zero-order chi connectivity index (χ0) is 26.4. The molecule has 0 saturated carbocycles. The number of esters is 2. The van der Waals surface area contributed by atoms with E-state index in [1.165, 1.54) is 6.92 Å². The molecule has 2 amide bonds. The predicted octanol–water partition coefficient (Wildman–Crippen LogP) is 3.59. The molecule has 196 valence electrons. The Kier molecular flexibility index (Phi) is 13.9. The summed E-state index contributed by atoms with van der Waals surface area (Å²) in [6, 6.07) is 0. The lowest BCUT2D eigenvalue weighted by molar-refractivity contribution is -0.153. The molecule has 0 saturated heterocycles. The van der Waals surface area contributed by atoms with Gasteiger partial charge in [0.25, 0.3) is 0 Å². The molecule has 1 unspecified atom stereocenters. The van der Waals surface area contributed by atoms with Crippen LogP contribution in [0.2, 0.25) is 0 Å². The first-order chi connectivity index (χ1) is 15.6. The van der Waals surface area contributed by atoms with E-state index in [0.717, 1.165) is 12.8 Å². The van der Waals surface area contributed by atoms with Crippen molar-refractivity contribution in [1.82, 2.24) is 10.6 Å². The molecule has 2 N–H and O–H groups in total. The molecular formula is C24H42N2O8. The predicted molar refractivity (Wildman–Crippen MR) is 127 cm³/mol. The fraction of sp³-hybridized carbons (Fsp3) is 0.750. The summed E-state index contributed by atoms with van der Waals surface area (Å²) in [5.41, 5.74) is -0.503. The summed E-state index contributed by atoms with van der Waals surface area (Å²) in [7, 11) is 0. The van der Waals surface area contributed by atoms with Crippen molar-refractivity contribution in [2.75, 3.05) is 39.5 Å². The first-order valence-corrected chi connectivity index (χ1v) is 11.4. The van der Waals surface area contributed by atoms with Gasteiger partial charge < -0.3 is 29.6 Å². The van der Waals surface area contributed by atoms with Gasteiger partial charge in [-0.05, 0) is 51.9 Å². The van der Waals surface area contributed by atoms with Crippen LogP contribution in [-0.2, 0) is 28.5 Å². The van der Waals surface area contributed by atoms with Crippen LogP contribution < -0.4 is 10.6 Å². The van der Waals surface area contributed by atoms with Gasteiger partial charge in [-0.15, -0.1) is 0 Å². The number of hydrogen-bond acceptors (Lipinski definition) is 8. The lowest BCUT2D eigenvalue weighted by atomic mass is 9.82. The summed E-state index contributed by atoms with van der Waals surface area (Å²) >= 11 is 0. The number of alkyl carbamates (subject to hydrolysis) is 2. The highest BCUT2D eigenvalue weighted by molar-refractivity contribution is 5.86. The smallest absolute Gasteiger partial charge is 0.407 e. The minimum atomic E-state index is -0.594. The van der Waals surface area contributed by atoms with E-state index in [0.29, 0.717) is 13.1 Å². The molecule has 34 heavy (non-hydrogen) atoms. The maximum atomic E-state index is 11.8. The Hall–Kier alpha value is -2.78. The maximum absolute atomic E-state index is 11.8. The van der Waals surface area contributed by atoms with E-state index in [2.05, 4.69) is 24.1 Å². The highest BCUT2D eigenvalue weighted by atomic mass is 16.6. The number of carbonyl (C=O) groups is 4. The van der Waals surface area contributed by atoms with Gasteiger partial charge in [0.2, 0.25) is 0 Å². The van der Waals surface area contributed by atoms with E-state index < -0.39 is 23.6 Å². The van der Waals surface area contributed by atoms with Crippen LogP contribution in [-0.4, -0.2) is 63.6 Å². The monoisotopic (exact) mass is 486 g/mol. The van der Waals surface area contributed by atoms with Gasteiger partial charge in [-0.3, -0.25) is 4.79 Å². The average molecular weight is 487 g/mol. The summed E-state index contributed by atoms with van der Waals surface area (Å²) in [5.74, 6) is -0.592. The molecule has 10 nitrogen and oxygen atoms in total. The van der Waals surface area contributed by atoms with Crippen molar-refractivity contribution in [3.63, 3.8) is 0 Å². The van der Waals surface area contributed by atoms with Crippen LogP contribution >= 0.6 is 0 Å². The van der Waals surface area contributed by atoms with Gasteiger partial charge in [-0.2, -0.15) is 0 Å². The fourth-order valence-electron chi connectivity index (χ4n) is 2.83. The lowest BCUT2D eigenvalue weighted by Gasteiger charge is -2.28. The molecule has 0 bridgehead atoms. The number of ether oxygens (including phenoxy) is 4. The van der Waals surface area contributed by atoms with Crippen molar-refractivity contribution in [3.05, 3.63) is 12.2 Å². The zero-order valence-corrected chi connectivity index (χ0v) is 21.7. The van der Waals surface area contributed by atoms with Gasteiger partial charge in [0.1, 0.15) is 26.4 Å².